The summed E-state index contributed by atoms with van der Waals surface area (Å²) in [4.78, 5) is 17.1. The third-order valence-corrected chi connectivity index (χ3v) is 8.49. The van der Waals surface area contributed by atoms with Gasteiger partial charge in [0.2, 0.25) is 10.0 Å². The van der Waals surface area contributed by atoms with Gasteiger partial charge in [-0.15, -0.1) is 0 Å². The Morgan fingerprint density at radius 2 is 1.58 bits per heavy atom. The summed E-state index contributed by atoms with van der Waals surface area (Å²) < 4.78 is 71.2. The number of amides is 1. The highest BCUT2D eigenvalue weighted by Gasteiger charge is 2.31. The Labute approximate surface area is 209 Å². The summed E-state index contributed by atoms with van der Waals surface area (Å²) in [6, 6.07) is 9.36. The minimum Gasteiger partial charge on any atom is -0.490 e. The molecule has 0 bridgehead atoms. The van der Waals surface area contributed by atoms with Crippen LogP contribution in [0.3, 0.4) is 0 Å². The van der Waals surface area contributed by atoms with Crippen molar-refractivity contribution in [2.24, 2.45) is 0 Å². The molecular formula is C25H30F3N3O4S. The van der Waals surface area contributed by atoms with Crippen molar-refractivity contribution in [3.8, 4) is 5.75 Å². The van der Waals surface area contributed by atoms with Crippen LogP contribution in [0.2, 0.25) is 0 Å². The second-order valence-corrected chi connectivity index (χ2v) is 11.4. The highest BCUT2D eigenvalue weighted by molar-refractivity contribution is 7.89. The van der Waals surface area contributed by atoms with E-state index in [9.17, 15) is 26.4 Å². The molecule has 1 heterocycles. The minimum absolute atomic E-state index is 0.00984. The van der Waals surface area contributed by atoms with E-state index in [1.165, 1.54) is 38.4 Å². The molecule has 2 aromatic rings. The van der Waals surface area contributed by atoms with Gasteiger partial charge in [-0.05, 0) is 68.1 Å². The fourth-order valence-electron chi connectivity index (χ4n) is 4.54. The lowest BCUT2D eigenvalue weighted by Gasteiger charge is -2.36. The van der Waals surface area contributed by atoms with E-state index in [0.717, 1.165) is 42.1 Å². The summed E-state index contributed by atoms with van der Waals surface area (Å²) in [6.45, 7) is 1.55. The maximum absolute atomic E-state index is 13.5. The molecule has 36 heavy (non-hydrogen) atoms. The molecule has 2 aliphatic rings. The molecule has 0 unspecified atom stereocenters. The van der Waals surface area contributed by atoms with Gasteiger partial charge in [0.15, 0.2) is 0 Å². The minimum atomic E-state index is -4.39. The lowest BCUT2D eigenvalue weighted by atomic mass is 10.1. The van der Waals surface area contributed by atoms with Crippen molar-refractivity contribution in [2.45, 2.75) is 42.9 Å². The summed E-state index contributed by atoms with van der Waals surface area (Å²) in [7, 11) is -0.886. The van der Waals surface area contributed by atoms with E-state index in [1.54, 1.807) is 11.0 Å². The first kappa shape index (κ1) is 26.3. The molecule has 11 heteroatoms. The third kappa shape index (κ3) is 5.62. The van der Waals surface area contributed by atoms with Crippen LogP contribution in [0, 0.1) is 0 Å². The number of piperazine rings is 1. The summed E-state index contributed by atoms with van der Waals surface area (Å²) in [5.74, 6) is 0.0423. The molecule has 1 amide bonds. The Balaban J connectivity index is 1.52. The standard InChI is InChI=1S/C25H30F3N3O4S/c1-29(2)36(33,34)21-11-12-23(35-20-5-3-4-6-20)22(17-21)24(32)31-15-13-30(14-16-31)19-9-7-18(8-10-19)25(26,27)28/h7-12,17,20H,3-6,13-16H2,1-2H3. The Morgan fingerprint density at radius 3 is 2.14 bits per heavy atom. The summed E-state index contributed by atoms with van der Waals surface area (Å²) in [5, 5.41) is 0. The molecule has 1 saturated heterocycles. The highest BCUT2D eigenvalue weighted by atomic mass is 32.2. The molecule has 0 N–H and O–H groups in total. The van der Waals surface area contributed by atoms with Crippen molar-refractivity contribution < 1.29 is 31.1 Å². The first-order valence-electron chi connectivity index (χ1n) is 11.9. The van der Waals surface area contributed by atoms with E-state index in [-0.39, 0.29) is 22.5 Å². The Morgan fingerprint density at radius 1 is 0.972 bits per heavy atom. The van der Waals surface area contributed by atoms with Gasteiger partial charge in [0.1, 0.15) is 5.75 Å². The summed E-state index contributed by atoms with van der Waals surface area (Å²) in [5.41, 5.74) is 0.148. The van der Waals surface area contributed by atoms with Crippen LogP contribution < -0.4 is 9.64 Å². The van der Waals surface area contributed by atoms with E-state index in [0.29, 0.717) is 37.6 Å². The SMILES string of the molecule is CN(C)S(=O)(=O)c1ccc(OC2CCCC2)c(C(=O)N2CCN(c3ccc(C(F)(F)F)cc3)CC2)c1. The highest BCUT2D eigenvalue weighted by Crippen LogP contribution is 2.32. The first-order valence-corrected chi connectivity index (χ1v) is 13.4. The zero-order chi connectivity index (χ0) is 26.1. The number of sulfonamides is 1. The van der Waals surface area contributed by atoms with Gasteiger partial charge in [-0.1, -0.05) is 0 Å². The zero-order valence-electron chi connectivity index (χ0n) is 20.3. The largest absolute Gasteiger partial charge is 0.490 e. The number of hydrogen-bond acceptors (Lipinski definition) is 5. The van der Waals surface area contributed by atoms with Crippen molar-refractivity contribution in [2.75, 3.05) is 45.2 Å². The number of carbonyl (C=O) groups excluding carboxylic acids is 1. The van der Waals surface area contributed by atoms with Crippen LogP contribution in [-0.4, -0.2) is 69.9 Å². The van der Waals surface area contributed by atoms with E-state index in [1.807, 2.05) is 4.90 Å². The lowest BCUT2D eigenvalue weighted by Crippen LogP contribution is -2.49. The molecule has 0 spiro atoms. The topological polar surface area (TPSA) is 70.2 Å². The third-order valence-electron chi connectivity index (χ3n) is 6.68. The molecule has 2 aromatic carbocycles. The van der Waals surface area contributed by atoms with Crippen molar-refractivity contribution in [1.82, 2.24) is 9.21 Å². The van der Waals surface area contributed by atoms with Crippen LogP contribution in [-0.2, 0) is 16.2 Å². The van der Waals surface area contributed by atoms with Crippen LogP contribution in [0.5, 0.6) is 5.75 Å². The molecule has 0 aromatic heterocycles. The van der Waals surface area contributed by atoms with Crippen molar-refractivity contribution in [1.29, 1.82) is 0 Å². The number of nitrogens with zero attached hydrogens (tertiary/aromatic N) is 3. The van der Waals surface area contributed by atoms with Gasteiger partial charge in [-0.25, -0.2) is 12.7 Å². The normalized spacial score (nSPS) is 17.6. The lowest BCUT2D eigenvalue weighted by molar-refractivity contribution is -0.137. The molecule has 1 saturated carbocycles. The number of hydrogen-bond donors (Lipinski definition) is 0. The fraction of sp³-hybridized carbons (Fsp3) is 0.480. The van der Waals surface area contributed by atoms with E-state index >= 15 is 0 Å². The zero-order valence-corrected chi connectivity index (χ0v) is 21.1. The second-order valence-electron chi connectivity index (χ2n) is 9.29. The number of anilines is 1. The fourth-order valence-corrected chi connectivity index (χ4v) is 5.46. The van der Waals surface area contributed by atoms with Crippen LogP contribution in [0.1, 0.15) is 41.6 Å². The molecule has 2 fully saturated rings. The van der Waals surface area contributed by atoms with Crippen LogP contribution in [0.4, 0.5) is 18.9 Å². The van der Waals surface area contributed by atoms with Crippen LogP contribution in [0.25, 0.3) is 0 Å². The molecule has 0 radical (unpaired) electrons. The maximum atomic E-state index is 13.5. The molecule has 0 atom stereocenters. The van der Waals surface area contributed by atoms with Crippen LogP contribution >= 0.6 is 0 Å². The Hall–Kier alpha value is -2.79. The van der Waals surface area contributed by atoms with Gasteiger partial charge in [0, 0.05) is 46.0 Å². The van der Waals surface area contributed by atoms with Crippen LogP contribution in [0.15, 0.2) is 47.4 Å². The van der Waals surface area contributed by atoms with Crippen molar-refractivity contribution >= 4 is 21.6 Å². The molecule has 1 aliphatic carbocycles. The average molecular weight is 526 g/mol. The number of alkyl halides is 3. The molecule has 7 nitrogen and oxygen atoms in total. The number of halogens is 3. The Kier molecular flexibility index (Phi) is 7.51. The van der Waals surface area contributed by atoms with Gasteiger partial charge in [-0.2, -0.15) is 13.2 Å². The number of benzene rings is 2. The van der Waals surface area contributed by atoms with Crippen molar-refractivity contribution in [3.05, 3.63) is 53.6 Å². The second kappa shape index (κ2) is 10.3. The summed E-state index contributed by atoms with van der Waals surface area (Å²) in [6.07, 6.45) is -0.533. The first-order chi connectivity index (χ1) is 17.0. The average Bonchev–Trinajstić information content (AvgIpc) is 3.36. The predicted molar refractivity (Wildman–Crippen MR) is 130 cm³/mol. The molecule has 196 valence electrons. The predicted octanol–water partition coefficient (Wildman–Crippen LogP) is 4.24. The summed E-state index contributed by atoms with van der Waals surface area (Å²) >= 11 is 0. The van der Waals surface area contributed by atoms with Gasteiger partial charge < -0.3 is 14.5 Å². The maximum Gasteiger partial charge on any atom is 0.416 e. The Bertz CT molecular complexity index is 1190. The van der Waals surface area contributed by atoms with E-state index in [2.05, 4.69) is 0 Å². The van der Waals surface area contributed by atoms with Gasteiger partial charge in [0.05, 0.1) is 22.1 Å². The van der Waals surface area contributed by atoms with Crippen molar-refractivity contribution in [3.63, 3.8) is 0 Å². The number of carbonyl (C=O) groups is 1. The molecule has 1 aliphatic heterocycles. The molecular weight excluding hydrogens is 495 g/mol. The quantitative estimate of drug-likeness (QED) is 0.565. The van der Waals surface area contributed by atoms with Gasteiger partial charge in [-0.3, -0.25) is 4.79 Å². The van der Waals surface area contributed by atoms with Gasteiger partial charge in [0.25, 0.3) is 5.91 Å². The number of ether oxygens (including phenoxy) is 1. The smallest absolute Gasteiger partial charge is 0.416 e. The van der Waals surface area contributed by atoms with E-state index in [4.69, 9.17) is 4.74 Å². The van der Waals surface area contributed by atoms with Gasteiger partial charge >= 0.3 is 6.18 Å². The molecule has 4 rings (SSSR count). The monoisotopic (exact) mass is 525 g/mol. The van der Waals surface area contributed by atoms with E-state index < -0.39 is 21.8 Å². The number of rotatable bonds is 6.